The largest absolute Gasteiger partial charge is 0.388 e. The smallest absolute Gasteiger partial charge is 0.251 e. The summed E-state index contributed by atoms with van der Waals surface area (Å²) in [5, 5.41) is 14.3. The van der Waals surface area contributed by atoms with Crippen molar-refractivity contribution in [2.75, 3.05) is 13.2 Å². The fourth-order valence-electron chi connectivity index (χ4n) is 2.87. The number of Topliss-reactive ketones (excluding diaryl/α,β-unsaturated/α-hetero) is 1. The highest BCUT2D eigenvalue weighted by molar-refractivity contribution is 5.98. The van der Waals surface area contributed by atoms with Gasteiger partial charge in [0.25, 0.3) is 12.3 Å². The van der Waals surface area contributed by atoms with Crippen LogP contribution < -0.4 is 16.4 Å². The summed E-state index contributed by atoms with van der Waals surface area (Å²) in [6, 6.07) is 12.8. The first-order valence-electron chi connectivity index (χ1n) is 10.0. The molecule has 2 rings (SSSR count). The van der Waals surface area contributed by atoms with E-state index in [2.05, 4.69) is 22.5 Å². The zero-order valence-corrected chi connectivity index (χ0v) is 18.0. The van der Waals surface area contributed by atoms with Crippen molar-refractivity contribution in [3.8, 4) is 11.8 Å². The quantitative estimate of drug-likeness (QED) is 0.443. The van der Waals surface area contributed by atoms with Gasteiger partial charge in [0.1, 0.15) is 12.6 Å². The number of aliphatic hydroxyl groups is 1. The highest BCUT2D eigenvalue weighted by Gasteiger charge is 2.32. The number of nitrogens with one attached hydrogen (secondary N) is 2. The van der Waals surface area contributed by atoms with Crippen molar-refractivity contribution < 1.29 is 23.5 Å². The molecule has 0 aliphatic carbocycles. The number of benzene rings is 2. The first-order valence-corrected chi connectivity index (χ1v) is 10.0. The van der Waals surface area contributed by atoms with E-state index in [-0.39, 0.29) is 6.54 Å². The molecule has 2 aromatic rings. The number of rotatable bonds is 9. The highest BCUT2D eigenvalue weighted by atomic mass is 19.3. The Morgan fingerprint density at radius 3 is 2.03 bits per heavy atom. The number of hydrogen-bond donors (Lipinski definition) is 4. The van der Waals surface area contributed by atoms with Crippen molar-refractivity contribution in [2.24, 2.45) is 5.73 Å². The number of nitrogens with two attached hydrogens (primary N) is 1. The Morgan fingerprint density at radius 1 is 1.03 bits per heavy atom. The maximum atomic E-state index is 12.5. The Labute approximate surface area is 186 Å². The molecule has 0 unspecified atom stereocenters. The molecule has 0 saturated heterocycles. The van der Waals surface area contributed by atoms with Crippen molar-refractivity contribution in [3.05, 3.63) is 70.8 Å². The second-order valence-electron chi connectivity index (χ2n) is 7.90. The van der Waals surface area contributed by atoms with Gasteiger partial charge in [0, 0.05) is 28.8 Å². The van der Waals surface area contributed by atoms with Crippen LogP contribution in [0.5, 0.6) is 0 Å². The Morgan fingerprint density at radius 2 is 1.56 bits per heavy atom. The summed E-state index contributed by atoms with van der Waals surface area (Å²) in [5.41, 5.74) is 7.58. The highest BCUT2D eigenvalue weighted by Crippen LogP contribution is 2.10. The summed E-state index contributed by atoms with van der Waals surface area (Å²) in [6.07, 6.45) is -2.38. The minimum absolute atomic E-state index is 0.330. The van der Waals surface area contributed by atoms with Gasteiger partial charge in [-0.2, -0.15) is 0 Å². The molecular formula is C24H27F2N3O3. The minimum atomic E-state index is -2.38. The number of halogens is 2. The molecular weight excluding hydrogens is 416 g/mol. The van der Waals surface area contributed by atoms with E-state index >= 15 is 0 Å². The average molecular weight is 443 g/mol. The second-order valence-corrected chi connectivity index (χ2v) is 7.90. The molecule has 0 heterocycles. The lowest BCUT2D eigenvalue weighted by Gasteiger charge is -2.29. The van der Waals surface area contributed by atoms with Crippen LogP contribution in [-0.4, -0.2) is 48.0 Å². The number of aliphatic hydroxyl groups excluding tert-OH is 1. The van der Waals surface area contributed by atoms with Crippen LogP contribution >= 0.6 is 0 Å². The Bertz CT molecular complexity index is 973. The lowest BCUT2D eigenvalue weighted by atomic mass is 9.92. The number of amides is 1. The van der Waals surface area contributed by atoms with E-state index in [4.69, 9.17) is 10.8 Å². The molecule has 1 amide bonds. The summed E-state index contributed by atoms with van der Waals surface area (Å²) in [4.78, 5) is 24.4. The fraction of sp³-hybridized carbons (Fsp3) is 0.333. The Hall–Kier alpha value is -3.12. The van der Waals surface area contributed by atoms with Gasteiger partial charge in [-0.1, -0.05) is 24.0 Å². The topological polar surface area (TPSA) is 104 Å². The second kappa shape index (κ2) is 11.5. The molecule has 0 aliphatic rings. The zero-order valence-electron chi connectivity index (χ0n) is 18.0. The van der Waals surface area contributed by atoms with Crippen LogP contribution in [0.3, 0.4) is 0 Å². The SMILES string of the molecule is CC(C)(N)[C@H](NC(=O)c1ccc(C#Cc2ccc(CNCC(F)F)cc2)cc1)C(=O)CO. The molecule has 0 fully saturated rings. The lowest BCUT2D eigenvalue weighted by Crippen LogP contribution is -2.59. The molecule has 0 saturated carbocycles. The normalized spacial score (nSPS) is 12.1. The number of carbonyl (C=O) groups is 2. The molecule has 0 bridgehead atoms. The number of carbonyl (C=O) groups excluding carboxylic acids is 2. The van der Waals surface area contributed by atoms with Crippen LogP contribution in [0.1, 0.15) is 40.9 Å². The van der Waals surface area contributed by atoms with E-state index in [0.717, 1.165) is 11.1 Å². The molecule has 0 spiro atoms. The van der Waals surface area contributed by atoms with Gasteiger partial charge in [0.15, 0.2) is 5.78 Å². The molecule has 170 valence electrons. The Balaban J connectivity index is 2.00. The van der Waals surface area contributed by atoms with Gasteiger partial charge in [-0.25, -0.2) is 8.78 Å². The first-order chi connectivity index (χ1) is 15.1. The van der Waals surface area contributed by atoms with Crippen molar-refractivity contribution in [2.45, 2.75) is 38.4 Å². The van der Waals surface area contributed by atoms with E-state index in [9.17, 15) is 18.4 Å². The lowest BCUT2D eigenvalue weighted by molar-refractivity contribution is -0.124. The van der Waals surface area contributed by atoms with E-state index in [1.165, 1.54) is 0 Å². The van der Waals surface area contributed by atoms with Crippen molar-refractivity contribution in [3.63, 3.8) is 0 Å². The van der Waals surface area contributed by atoms with Crippen LogP contribution in [0.2, 0.25) is 0 Å². The molecule has 6 nitrogen and oxygen atoms in total. The molecule has 8 heteroatoms. The molecule has 2 aromatic carbocycles. The zero-order chi connectivity index (χ0) is 23.7. The fourth-order valence-corrected chi connectivity index (χ4v) is 2.87. The molecule has 0 aliphatic heterocycles. The monoisotopic (exact) mass is 443 g/mol. The molecule has 5 N–H and O–H groups in total. The third-order valence-corrected chi connectivity index (χ3v) is 4.58. The molecule has 1 atom stereocenters. The summed E-state index contributed by atoms with van der Waals surface area (Å²) in [7, 11) is 0. The van der Waals surface area contributed by atoms with Crippen LogP contribution in [0.15, 0.2) is 48.5 Å². The summed E-state index contributed by atoms with van der Waals surface area (Å²) < 4.78 is 24.3. The van der Waals surface area contributed by atoms with Gasteiger partial charge < -0.3 is 21.5 Å². The first kappa shape index (κ1) is 25.1. The van der Waals surface area contributed by atoms with Crippen LogP contribution in [0, 0.1) is 11.8 Å². The Kier molecular flexibility index (Phi) is 9.02. The van der Waals surface area contributed by atoms with Crippen LogP contribution in [0.4, 0.5) is 8.78 Å². The third-order valence-electron chi connectivity index (χ3n) is 4.58. The van der Waals surface area contributed by atoms with Crippen molar-refractivity contribution in [1.82, 2.24) is 10.6 Å². The van der Waals surface area contributed by atoms with E-state index < -0.39 is 36.3 Å². The number of hydrogen-bond acceptors (Lipinski definition) is 5. The standard InChI is InChI=1S/C24H27F2N3O3/c1-24(2,27)22(20(31)15-30)29-23(32)19-11-9-17(10-12-19)4-3-16-5-7-18(8-6-16)13-28-14-21(25)26/h5-12,21-22,28,30H,13-15,27H2,1-2H3,(H,29,32)/t22-/m1/s1. The van der Waals surface area contributed by atoms with E-state index in [1.807, 2.05) is 12.1 Å². The maximum absolute atomic E-state index is 12.5. The van der Waals surface area contributed by atoms with E-state index in [1.54, 1.807) is 50.2 Å². The van der Waals surface area contributed by atoms with Crippen LogP contribution in [-0.2, 0) is 11.3 Å². The van der Waals surface area contributed by atoms with Gasteiger partial charge in [0.05, 0.1) is 6.54 Å². The maximum Gasteiger partial charge on any atom is 0.251 e. The summed E-state index contributed by atoms with van der Waals surface area (Å²) in [5.74, 6) is 4.95. The van der Waals surface area contributed by atoms with Gasteiger partial charge in [-0.3, -0.25) is 9.59 Å². The summed E-state index contributed by atoms with van der Waals surface area (Å²) in [6.45, 7) is 2.48. The van der Waals surface area contributed by atoms with Crippen molar-refractivity contribution >= 4 is 11.7 Å². The molecule has 0 radical (unpaired) electrons. The van der Waals surface area contributed by atoms with Gasteiger partial charge in [0.2, 0.25) is 0 Å². The predicted molar refractivity (Wildman–Crippen MR) is 118 cm³/mol. The third kappa shape index (κ3) is 7.85. The van der Waals surface area contributed by atoms with Gasteiger partial charge in [-0.05, 0) is 55.8 Å². The van der Waals surface area contributed by atoms with E-state index in [0.29, 0.717) is 17.7 Å². The minimum Gasteiger partial charge on any atom is -0.388 e. The van der Waals surface area contributed by atoms with Crippen LogP contribution in [0.25, 0.3) is 0 Å². The number of alkyl halides is 2. The number of ketones is 1. The van der Waals surface area contributed by atoms with Gasteiger partial charge >= 0.3 is 0 Å². The van der Waals surface area contributed by atoms with Gasteiger partial charge in [-0.15, -0.1) is 0 Å². The molecule has 0 aromatic heterocycles. The molecule has 32 heavy (non-hydrogen) atoms. The van der Waals surface area contributed by atoms with Crippen molar-refractivity contribution in [1.29, 1.82) is 0 Å². The predicted octanol–water partition coefficient (Wildman–Crippen LogP) is 1.84. The average Bonchev–Trinajstić information content (AvgIpc) is 2.75. The summed E-state index contributed by atoms with van der Waals surface area (Å²) >= 11 is 0.